The van der Waals surface area contributed by atoms with Crippen LogP contribution in [-0.4, -0.2) is 160 Å². The van der Waals surface area contributed by atoms with Crippen LogP contribution in [-0.2, 0) is 33.7 Å². The second-order valence-corrected chi connectivity index (χ2v) is 17.1. The number of carbonyl (C=O) groups is 1. The molecule has 3 aliphatic rings. The van der Waals surface area contributed by atoms with E-state index in [0.29, 0.717) is 65.7 Å². The molecule has 1 amide bonds. The van der Waals surface area contributed by atoms with Crippen molar-refractivity contribution < 1.29 is 44.5 Å². The van der Waals surface area contributed by atoms with E-state index in [1.807, 2.05) is 36.4 Å². The van der Waals surface area contributed by atoms with Gasteiger partial charge >= 0.3 is 0 Å². The Hall–Kier alpha value is -5.79. The molecule has 1 aliphatic carbocycles. The van der Waals surface area contributed by atoms with Gasteiger partial charge in [0.1, 0.15) is 42.4 Å². The smallest absolute Gasteiger partial charge is 0.289 e. The van der Waals surface area contributed by atoms with Gasteiger partial charge in [0.25, 0.3) is 5.91 Å². The van der Waals surface area contributed by atoms with Gasteiger partial charge in [0.15, 0.2) is 46.4 Å². The van der Waals surface area contributed by atoms with Gasteiger partial charge in [-0.2, -0.15) is 0 Å². The highest BCUT2D eigenvalue weighted by Gasteiger charge is 2.45. The predicted octanol–water partition coefficient (Wildman–Crippen LogP) is 0.776. The van der Waals surface area contributed by atoms with Crippen molar-refractivity contribution in [3.63, 3.8) is 0 Å². The molecular formula is C46H61N13O9. The summed E-state index contributed by atoms with van der Waals surface area (Å²) in [5.41, 5.74) is 4.16. The van der Waals surface area contributed by atoms with E-state index < -0.39 is 61.6 Å². The summed E-state index contributed by atoms with van der Waals surface area (Å²) in [4.78, 5) is 39.4. The van der Waals surface area contributed by atoms with Crippen molar-refractivity contribution >= 4 is 39.9 Å². The Labute approximate surface area is 392 Å². The number of ether oxygens (including phenoxy) is 3. The standard InChI is InChI=1S/C26H37N7O4.C20H24N6O5/c1-27-24-21-25(33(15-30-21)26-23(35)22(34)19(37-26)14-36-2)32-20(31-24)13-29-18-10-8-17(9-11-18)28-12-16-6-4-3-5-7-16;1-21-16-13-18(26(10-23-13)20-15(29)14(28)12(9-27)31-20)25-17(24-16)19(30)22-8-7-11-5-3-2-4-6-11/h3-7,15,17-19,22-23,26,28-29,34-35H,8-14H2,1-2H3,(H,27,31,32);2-6,10,12,14-15,20,27-29H,7-9H2,1H3,(H,22,30)(H,21,24,25)/t17?,18?,19-,22-,23-,26-;12-,14-,15-,20-/m11/s1. The van der Waals surface area contributed by atoms with Gasteiger partial charge in [-0.25, -0.2) is 29.9 Å². The molecule has 2 saturated heterocycles. The van der Waals surface area contributed by atoms with Gasteiger partial charge in [-0.1, -0.05) is 60.7 Å². The largest absolute Gasteiger partial charge is 0.394 e. The van der Waals surface area contributed by atoms with Gasteiger partial charge in [-0.15, -0.1) is 0 Å². The Balaban J connectivity index is 0.000000187. The molecule has 8 atom stereocenters. The third-order valence-electron chi connectivity index (χ3n) is 12.6. The number of aliphatic hydroxyl groups is 5. The highest BCUT2D eigenvalue weighted by molar-refractivity contribution is 5.94. The molecule has 2 aliphatic heterocycles. The summed E-state index contributed by atoms with van der Waals surface area (Å²) in [7, 11) is 4.97. The number of hydrogen-bond acceptors (Lipinski definition) is 19. The number of fused-ring (bicyclic) bond motifs is 2. The Morgan fingerprint density at radius 2 is 1.22 bits per heavy atom. The summed E-state index contributed by atoms with van der Waals surface area (Å²) >= 11 is 0. The number of hydrogen-bond donors (Lipinski definition) is 10. The lowest BCUT2D eigenvalue weighted by Gasteiger charge is -2.30. The number of carbonyl (C=O) groups excluding carboxylic acids is 1. The van der Waals surface area contributed by atoms with Crippen LogP contribution in [0.15, 0.2) is 73.3 Å². The number of aromatic nitrogens is 8. The minimum absolute atomic E-state index is 0.0709. The van der Waals surface area contributed by atoms with Gasteiger partial charge in [0.05, 0.1) is 32.4 Å². The van der Waals surface area contributed by atoms with E-state index in [4.69, 9.17) is 19.2 Å². The van der Waals surface area contributed by atoms with Gasteiger partial charge in [-0.3, -0.25) is 13.9 Å². The van der Waals surface area contributed by atoms with Gasteiger partial charge in [0, 0.05) is 46.4 Å². The van der Waals surface area contributed by atoms with Crippen molar-refractivity contribution in [2.75, 3.05) is 51.6 Å². The van der Waals surface area contributed by atoms with Crippen LogP contribution in [0.2, 0.25) is 0 Å². The van der Waals surface area contributed by atoms with E-state index in [0.717, 1.165) is 37.8 Å². The lowest BCUT2D eigenvalue weighted by atomic mass is 9.91. The number of methoxy groups -OCH3 is 1. The zero-order valence-electron chi connectivity index (χ0n) is 38.2. The first-order chi connectivity index (χ1) is 33.1. The molecule has 22 nitrogen and oxygen atoms in total. The number of imidazole rings is 2. The fraction of sp³-hybridized carbons (Fsp3) is 0.500. The maximum Gasteiger partial charge on any atom is 0.289 e. The lowest BCUT2D eigenvalue weighted by molar-refractivity contribution is -0.0580. The molecule has 6 heterocycles. The Bertz CT molecular complexity index is 2560. The van der Waals surface area contributed by atoms with Crippen LogP contribution in [0.1, 0.15) is 65.7 Å². The number of benzene rings is 2. The van der Waals surface area contributed by atoms with E-state index in [2.05, 4.69) is 75.8 Å². The number of nitrogens with zero attached hydrogens (tertiary/aromatic N) is 8. The quantitative estimate of drug-likeness (QED) is 0.0604. The average molecular weight is 940 g/mol. The first-order valence-corrected chi connectivity index (χ1v) is 22.9. The van der Waals surface area contributed by atoms with Gasteiger partial charge in [-0.05, 0) is 43.2 Å². The number of amides is 1. The fourth-order valence-corrected chi connectivity index (χ4v) is 8.79. The normalized spacial score (nSPS) is 25.9. The van der Waals surface area contributed by atoms with E-state index in [-0.39, 0.29) is 18.1 Å². The molecule has 1 saturated carbocycles. The summed E-state index contributed by atoms with van der Waals surface area (Å²) in [6, 6.07) is 21.2. The molecule has 22 heteroatoms. The van der Waals surface area contributed by atoms with Crippen LogP contribution in [0, 0.1) is 0 Å². The summed E-state index contributed by atoms with van der Waals surface area (Å²) in [6.45, 7) is 1.56. The molecule has 3 fully saturated rings. The Morgan fingerprint density at radius 1 is 0.691 bits per heavy atom. The zero-order valence-corrected chi connectivity index (χ0v) is 38.2. The number of nitrogens with one attached hydrogen (secondary N) is 5. The van der Waals surface area contributed by atoms with Crippen molar-refractivity contribution in [1.29, 1.82) is 0 Å². The van der Waals surface area contributed by atoms with Gasteiger partial charge < -0.3 is 66.3 Å². The average Bonchev–Trinajstić information content (AvgIpc) is 4.14. The predicted molar refractivity (Wildman–Crippen MR) is 249 cm³/mol. The van der Waals surface area contributed by atoms with Crippen LogP contribution >= 0.6 is 0 Å². The van der Waals surface area contributed by atoms with E-state index in [1.165, 1.54) is 23.6 Å². The van der Waals surface area contributed by atoms with Crippen LogP contribution in [0.3, 0.4) is 0 Å². The molecule has 6 aromatic rings. The second kappa shape index (κ2) is 22.5. The number of anilines is 2. The fourth-order valence-electron chi connectivity index (χ4n) is 8.79. The monoisotopic (exact) mass is 939 g/mol. The van der Waals surface area contributed by atoms with Gasteiger partial charge in [0.2, 0.25) is 5.82 Å². The molecule has 0 unspecified atom stereocenters. The van der Waals surface area contributed by atoms with Crippen molar-refractivity contribution in [1.82, 2.24) is 55.0 Å². The number of aliphatic hydroxyl groups excluding tert-OH is 5. The van der Waals surface area contributed by atoms with Crippen LogP contribution < -0.4 is 26.6 Å². The number of rotatable bonds is 17. The molecule has 0 radical (unpaired) electrons. The van der Waals surface area contributed by atoms with Crippen molar-refractivity contribution in [2.45, 2.75) is 106 Å². The van der Waals surface area contributed by atoms with E-state index in [9.17, 15) is 30.3 Å². The van der Waals surface area contributed by atoms with Crippen molar-refractivity contribution in [3.8, 4) is 0 Å². The van der Waals surface area contributed by atoms with Crippen molar-refractivity contribution in [3.05, 3.63) is 96.1 Å². The third kappa shape index (κ3) is 10.9. The first-order valence-electron chi connectivity index (χ1n) is 22.9. The molecule has 0 spiro atoms. The Morgan fingerprint density at radius 3 is 1.78 bits per heavy atom. The van der Waals surface area contributed by atoms with Crippen LogP contribution in [0.5, 0.6) is 0 Å². The summed E-state index contributed by atoms with van der Waals surface area (Å²) in [6.07, 6.45) is -0.127. The minimum atomic E-state index is -1.30. The zero-order chi connectivity index (χ0) is 47.7. The SMILES string of the molecule is CNc1nc(C(=O)NCCc2ccccc2)nc2c1ncn2[C@@H]1O[C@H](CO)[C@@H](O)[C@H]1O.CNc1nc(CNC2CCC(NCc3ccccc3)CC2)nc2c1ncn2[C@@H]1O[C@H](COC)[C@@H](O)[C@H]1O. The molecule has 4 aromatic heterocycles. The molecule has 9 rings (SSSR count). The van der Waals surface area contributed by atoms with Crippen LogP contribution in [0.4, 0.5) is 11.6 Å². The molecule has 2 aromatic carbocycles. The maximum absolute atomic E-state index is 12.7. The molecule has 364 valence electrons. The first kappa shape index (κ1) is 48.7. The summed E-state index contributed by atoms with van der Waals surface area (Å²) in [5.74, 6) is 1.05. The molecule has 0 bridgehead atoms. The highest BCUT2D eigenvalue weighted by Crippen LogP contribution is 2.34. The van der Waals surface area contributed by atoms with E-state index in [1.54, 1.807) is 25.0 Å². The summed E-state index contributed by atoms with van der Waals surface area (Å²) in [5, 5.41) is 66.8. The minimum Gasteiger partial charge on any atom is -0.394 e. The lowest BCUT2D eigenvalue weighted by Crippen LogP contribution is -2.39. The van der Waals surface area contributed by atoms with Crippen LogP contribution in [0.25, 0.3) is 22.3 Å². The molecule has 10 N–H and O–H groups in total. The summed E-state index contributed by atoms with van der Waals surface area (Å²) < 4.78 is 19.7. The maximum atomic E-state index is 12.7. The van der Waals surface area contributed by atoms with Crippen molar-refractivity contribution in [2.24, 2.45) is 0 Å². The highest BCUT2D eigenvalue weighted by atomic mass is 16.6. The second-order valence-electron chi connectivity index (χ2n) is 17.1. The Kier molecular flexibility index (Phi) is 16.1. The molecular weight excluding hydrogens is 879 g/mol. The topological polar surface area (TPSA) is 293 Å². The van der Waals surface area contributed by atoms with E-state index >= 15 is 0 Å². The molecule has 68 heavy (non-hydrogen) atoms. The third-order valence-corrected chi connectivity index (χ3v) is 12.6.